The second kappa shape index (κ2) is 6.01. The van der Waals surface area contributed by atoms with Crippen molar-refractivity contribution in [2.45, 2.75) is 26.1 Å². The van der Waals surface area contributed by atoms with Crippen molar-refractivity contribution in [2.24, 2.45) is 7.05 Å². The number of nitrogens with one attached hydrogen (secondary N) is 1. The molecule has 0 saturated carbocycles. The van der Waals surface area contributed by atoms with E-state index in [0.717, 1.165) is 11.8 Å². The van der Waals surface area contributed by atoms with Crippen LogP contribution in [0.2, 0.25) is 0 Å². The highest BCUT2D eigenvalue weighted by atomic mass is 19.4. The van der Waals surface area contributed by atoms with Crippen LogP contribution in [0.15, 0.2) is 12.1 Å². The fourth-order valence-electron chi connectivity index (χ4n) is 2.70. The van der Waals surface area contributed by atoms with Crippen LogP contribution >= 0.6 is 0 Å². The number of carbonyl (C=O) groups is 1. The third-order valence-corrected chi connectivity index (χ3v) is 3.89. The summed E-state index contributed by atoms with van der Waals surface area (Å²) in [5, 5.41) is 6.95. The summed E-state index contributed by atoms with van der Waals surface area (Å²) in [4.78, 5) is 21.3. The van der Waals surface area contributed by atoms with Crippen LogP contribution in [-0.2, 0) is 13.2 Å². The maximum absolute atomic E-state index is 12.8. The van der Waals surface area contributed by atoms with Crippen molar-refractivity contribution in [3.63, 3.8) is 0 Å². The smallest absolute Gasteiger partial charge is 0.352 e. The summed E-state index contributed by atoms with van der Waals surface area (Å²) in [7, 11) is 1.68. The average molecular weight is 354 g/mol. The number of aryl methyl sites for hydroxylation is 3. The predicted octanol–water partition coefficient (Wildman–Crippen LogP) is 1.46. The van der Waals surface area contributed by atoms with Crippen LogP contribution in [0.25, 0.3) is 0 Å². The molecule has 0 aromatic carbocycles. The third-order valence-electron chi connectivity index (χ3n) is 3.89. The zero-order valence-electron chi connectivity index (χ0n) is 13.9. The number of aromatic nitrogens is 4. The Morgan fingerprint density at radius 2 is 1.92 bits per heavy atom. The normalized spacial score (nSPS) is 15.2. The Kier molecular flexibility index (Phi) is 4.13. The molecule has 3 heterocycles. The Morgan fingerprint density at radius 3 is 2.48 bits per heavy atom. The molecule has 1 amide bonds. The molecule has 25 heavy (non-hydrogen) atoms. The van der Waals surface area contributed by atoms with Gasteiger partial charge in [-0.3, -0.25) is 9.48 Å². The summed E-state index contributed by atoms with van der Waals surface area (Å²) in [5.41, 5.74) is 0.208. The predicted molar refractivity (Wildman–Crippen MR) is 83.2 cm³/mol. The Bertz CT molecular complexity index is 810. The molecule has 1 aliphatic rings. The minimum Gasteiger partial charge on any atom is -0.352 e. The molecule has 0 bridgehead atoms. The molecule has 0 radical (unpaired) electrons. The number of rotatable bonds is 3. The molecule has 0 aliphatic carbocycles. The highest BCUT2D eigenvalue weighted by molar-refractivity contribution is 5.93. The summed E-state index contributed by atoms with van der Waals surface area (Å²) in [6.45, 7) is 3.98. The number of hydrogen-bond donors (Lipinski definition) is 1. The lowest BCUT2D eigenvalue weighted by Crippen LogP contribution is -2.60. The zero-order chi connectivity index (χ0) is 18.4. The van der Waals surface area contributed by atoms with Crippen LogP contribution in [0.4, 0.5) is 19.0 Å². The lowest BCUT2D eigenvalue weighted by atomic mass is 10.1. The molecule has 10 heteroatoms. The quantitative estimate of drug-likeness (QED) is 0.903. The third kappa shape index (κ3) is 3.57. The first-order valence-electron chi connectivity index (χ1n) is 7.63. The molecule has 0 unspecified atom stereocenters. The molecule has 3 rings (SSSR count). The van der Waals surface area contributed by atoms with Gasteiger partial charge < -0.3 is 10.2 Å². The van der Waals surface area contributed by atoms with Crippen molar-refractivity contribution >= 4 is 11.7 Å². The van der Waals surface area contributed by atoms with Crippen LogP contribution in [0.5, 0.6) is 0 Å². The lowest BCUT2D eigenvalue weighted by Gasteiger charge is -2.40. The molecule has 134 valence electrons. The van der Waals surface area contributed by atoms with Gasteiger partial charge in [0.15, 0.2) is 0 Å². The van der Waals surface area contributed by atoms with E-state index in [-0.39, 0.29) is 23.6 Å². The largest absolute Gasteiger partial charge is 0.433 e. The van der Waals surface area contributed by atoms with Gasteiger partial charge in [0.05, 0.1) is 11.7 Å². The van der Waals surface area contributed by atoms with Crippen molar-refractivity contribution in [1.29, 1.82) is 0 Å². The van der Waals surface area contributed by atoms with E-state index in [1.165, 1.54) is 11.6 Å². The minimum absolute atomic E-state index is 0.0580. The van der Waals surface area contributed by atoms with Crippen molar-refractivity contribution in [1.82, 2.24) is 25.1 Å². The van der Waals surface area contributed by atoms with Crippen molar-refractivity contribution in [3.8, 4) is 0 Å². The van der Waals surface area contributed by atoms with E-state index in [4.69, 9.17) is 0 Å². The molecule has 1 fully saturated rings. The van der Waals surface area contributed by atoms with Gasteiger partial charge in [-0.05, 0) is 19.9 Å². The van der Waals surface area contributed by atoms with Gasteiger partial charge in [0, 0.05) is 26.2 Å². The number of halogens is 3. The Balaban J connectivity index is 1.64. The van der Waals surface area contributed by atoms with Gasteiger partial charge in [-0.25, -0.2) is 9.97 Å². The van der Waals surface area contributed by atoms with Gasteiger partial charge in [0.25, 0.3) is 5.91 Å². The number of alkyl halides is 3. The zero-order valence-corrected chi connectivity index (χ0v) is 13.9. The van der Waals surface area contributed by atoms with Crippen molar-refractivity contribution in [2.75, 3.05) is 18.0 Å². The highest BCUT2D eigenvalue weighted by Gasteiger charge is 2.36. The minimum atomic E-state index is -4.52. The standard InChI is InChI=1S/C15H17F3N6O/c1-8-4-11(23(3)22-8)14(25)21-10-6-24(7-10)13-5-12(15(16,17)18)19-9(2)20-13/h4-5,10H,6-7H2,1-3H3,(H,21,25). The highest BCUT2D eigenvalue weighted by Crippen LogP contribution is 2.30. The fraction of sp³-hybridized carbons (Fsp3) is 0.467. The van der Waals surface area contributed by atoms with E-state index in [1.54, 1.807) is 24.9 Å². The first-order chi connectivity index (χ1) is 11.6. The second-order valence-corrected chi connectivity index (χ2v) is 6.03. The van der Waals surface area contributed by atoms with E-state index in [2.05, 4.69) is 20.4 Å². The number of anilines is 1. The van der Waals surface area contributed by atoms with Gasteiger partial charge in [0.1, 0.15) is 23.0 Å². The first-order valence-corrected chi connectivity index (χ1v) is 7.63. The fourth-order valence-corrected chi connectivity index (χ4v) is 2.70. The van der Waals surface area contributed by atoms with E-state index in [9.17, 15) is 18.0 Å². The van der Waals surface area contributed by atoms with Gasteiger partial charge in [-0.1, -0.05) is 0 Å². The maximum Gasteiger partial charge on any atom is 0.433 e. The monoisotopic (exact) mass is 354 g/mol. The Morgan fingerprint density at radius 1 is 1.24 bits per heavy atom. The second-order valence-electron chi connectivity index (χ2n) is 6.03. The van der Waals surface area contributed by atoms with Gasteiger partial charge in [-0.2, -0.15) is 18.3 Å². The van der Waals surface area contributed by atoms with E-state index in [0.29, 0.717) is 18.8 Å². The molecule has 2 aromatic rings. The molecule has 1 aliphatic heterocycles. The number of nitrogens with zero attached hydrogens (tertiary/aromatic N) is 5. The average Bonchev–Trinajstić information content (AvgIpc) is 2.79. The molecule has 7 nitrogen and oxygen atoms in total. The van der Waals surface area contributed by atoms with E-state index >= 15 is 0 Å². The molecule has 1 N–H and O–H groups in total. The van der Waals surface area contributed by atoms with Crippen LogP contribution in [-0.4, -0.2) is 44.8 Å². The Labute approximate surface area is 141 Å². The SMILES string of the molecule is Cc1cc(C(=O)NC2CN(c3cc(C(F)(F)F)nc(C)n3)C2)n(C)n1. The summed E-state index contributed by atoms with van der Waals surface area (Å²) in [6.07, 6.45) is -4.52. The van der Waals surface area contributed by atoms with Crippen LogP contribution < -0.4 is 10.2 Å². The summed E-state index contributed by atoms with van der Waals surface area (Å²) >= 11 is 0. The number of carbonyl (C=O) groups excluding carboxylic acids is 1. The van der Waals surface area contributed by atoms with Crippen molar-refractivity contribution < 1.29 is 18.0 Å². The van der Waals surface area contributed by atoms with Crippen LogP contribution in [0, 0.1) is 13.8 Å². The number of amides is 1. The topological polar surface area (TPSA) is 75.9 Å². The van der Waals surface area contributed by atoms with Crippen molar-refractivity contribution in [3.05, 3.63) is 35.0 Å². The van der Waals surface area contributed by atoms with Gasteiger partial charge in [-0.15, -0.1) is 0 Å². The molecular formula is C15H17F3N6O. The van der Waals surface area contributed by atoms with Crippen LogP contribution in [0.3, 0.4) is 0 Å². The number of hydrogen-bond acceptors (Lipinski definition) is 5. The molecule has 0 atom stereocenters. The Hall–Kier alpha value is -2.65. The van der Waals surface area contributed by atoms with E-state index in [1.807, 2.05) is 0 Å². The first kappa shape index (κ1) is 17.2. The summed E-state index contributed by atoms with van der Waals surface area (Å²) < 4.78 is 40.0. The molecule has 2 aromatic heterocycles. The maximum atomic E-state index is 12.8. The summed E-state index contributed by atoms with van der Waals surface area (Å²) in [5.74, 6) is 0.00645. The molecular weight excluding hydrogens is 337 g/mol. The van der Waals surface area contributed by atoms with Gasteiger partial charge in [0.2, 0.25) is 0 Å². The van der Waals surface area contributed by atoms with Crippen LogP contribution in [0.1, 0.15) is 27.7 Å². The van der Waals surface area contributed by atoms with Gasteiger partial charge >= 0.3 is 6.18 Å². The lowest BCUT2D eigenvalue weighted by molar-refractivity contribution is -0.141. The molecule has 0 spiro atoms. The molecule has 1 saturated heterocycles. The van der Waals surface area contributed by atoms with E-state index < -0.39 is 11.9 Å². The summed E-state index contributed by atoms with van der Waals surface area (Å²) in [6, 6.07) is 2.44.